The van der Waals surface area contributed by atoms with Crippen LogP contribution in [0, 0.1) is 5.41 Å². The first-order valence-corrected chi connectivity index (χ1v) is 3.65. The lowest BCUT2D eigenvalue weighted by atomic mass is 10.3. The predicted molar refractivity (Wildman–Crippen MR) is 49.6 cm³/mol. The van der Waals surface area contributed by atoms with Crippen molar-refractivity contribution in [2.75, 3.05) is 6.61 Å². The molecule has 0 spiro atoms. The van der Waals surface area contributed by atoms with Gasteiger partial charge in [0.15, 0.2) is 0 Å². The summed E-state index contributed by atoms with van der Waals surface area (Å²) in [4.78, 5) is 10.7. The summed E-state index contributed by atoms with van der Waals surface area (Å²) in [7, 11) is 0. The third kappa shape index (κ3) is 9.23. The Balaban J connectivity index is 0. The molecular weight excluding hydrogens is 180 g/mol. The molecule has 0 atom stereocenters. The molecule has 0 aromatic rings. The molecule has 0 aliphatic heterocycles. The highest BCUT2D eigenvalue weighted by atomic mass is 35.5. The molecule has 3 N–H and O–H groups in total. The molecule has 0 aliphatic rings. The molecule has 0 saturated heterocycles. The lowest BCUT2D eigenvalue weighted by Crippen LogP contribution is -2.14. The average Bonchev–Trinajstić information content (AvgIpc) is 1.87. The van der Waals surface area contributed by atoms with Crippen molar-refractivity contribution in [1.29, 1.82) is 5.41 Å². The van der Waals surface area contributed by atoms with Crippen LogP contribution in [0.3, 0.4) is 0 Å². The molecule has 0 aromatic heterocycles. The second-order valence-corrected chi connectivity index (χ2v) is 2.25. The third-order valence-electron chi connectivity index (χ3n) is 1.09. The van der Waals surface area contributed by atoms with Gasteiger partial charge in [-0.1, -0.05) is 6.92 Å². The standard InChI is InChI=1S/C7H14N2O2.ClH/c1-2-3-7(10)11-5-4-6(8)9;/h2-5H2,1H3,(H3,8,9);1H. The van der Waals surface area contributed by atoms with Crippen LogP contribution in [0.1, 0.15) is 26.2 Å². The fourth-order valence-electron chi connectivity index (χ4n) is 0.551. The van der Waals surface area contributed by atoms with E-state index in [1.54, 1.807) is 0 Å². The molecular formula is C7H15ClN2O2. The van der Waals surface area contributed by atoms with Crippen LogP contribution in [0.4, 0.5) is 0 Å². The van der Waals surface area contributed by atoms with Crippen LogP contribution in [0.15, 0.2) is 0 Å². The minimum Gasteiger partial charge on any atom is -0.465 e. The number of amidine groups is 1. The Morgan fingerprint density at radius 2 is 2.08 bits per heavy atom. The molecule has 0 aromatic carbocycles. The van der Waals surface area contributed by atoms with Gasteiger partial charge in [0.2, 0.25) is 0 Å². The van der Waals surface area contributed by atoms with E-state index in [9.17, 15) is 4.79 Å². The van der Waals surface area contributed by atoms with E-state index in [0.717, 1.165) is 6.42 Å². The molecule has 0 saturated carbocycles. The minimum atomic E-state index is -0.214. The fraction of sp³-hybridized carbons (Fsp3) is 0.714. The van der Waals surface area contributed by atoms with Crippen molar-refractivity contribution in [1.82, 2.24) is 0 Å². The van der Waals surface area contributed by atoms with Gasteiger partial charge in [0, 0.05) is 12.8 Å². The van der Waals surface area contributed by atoms with Gasteiger partial charge in [-0.05, 0) is 6.42 Å². The van der Waals surface area contributed by atoms with E-state index in [1.807, 2.05) is 6.92 Å². The van der Waals surface area contributed by atoms with E-state index in [2.05, 4.69) is 0 Å². The van der Waals surface area contributed by atoms with Gasteiger partial charge in [0.25, 0.3) is 0 Å². The summed E-state index contributed by atoms with van der Waals surface area (Å²) in [6.45, 7) is 2.14. The van der Waals surface area contributed by atoms with Crippen molar-refractivity contribution < 1.29 is 9.53 Å². The van der Waals surface area contributed by atoms with Crippen molar-refractivity contribution in [3.05, 3.63) is 0 Å². The number of nitrogens with one attached hydrogen (secondary N) is 1. The van der Waals surface area contributed by atoms with Gasteiger partial charge in [-0.3, -0.25) is 10.2 Å². The molecule has 72 valence electrons. The maximum atomic E-state index is 10.7. The average molecular weight is 195 g/mol. The number of esters is 1. The molecule has 12 heavy (non-hydrogen) atoms. The summed E-state index contributed by atoms with van der Waals surface area (Å²) in [5.74, 6) is -0.164. The van der Waals surface area contributed by atoms with E-state index in [-0.39, 0.29) is 30.8 Å². The molecule has 4 nitrogen and oxygen atoms in total. The fourth-order valence-corrected chi connectivity index (χ4v) is 0.551. The van der Waals surface area contributed by atoms with E-state index in [4.69, 9.17) is 15.9 Å². The Hall–Kier alpha value is -0.770. The summed E-state index contributed by atoms with van der Waals surface area (Å²) in [6, 6.07) is 0. The normalized spacial score (nSPS) is 8.42. The molecule has 0 bridgehead atoms. The van der Waals surface area contributed by atoms with Crippen molar-refractivity contribution in [2.24, 2.45) is 5.73 Å². The molecule has 0 fully saturated rings. The van der Waals surface area contributed by atoms with Gasteiger partial charge in [0.05, 0.1) is 12.4 Å². The SMILES string of the molecule is CCCC(=O)OCCC(=N)N.Cl. The van der Waals surface area contributed by atoms with E-state index in [1.165, 1.54) is 0 Å². The van der Waals surface area contributed by atoms with Crippen LogP contribution in [-0.2, 0) is 9.53 Å². The third-order valence-corrected chi connectivity index (χ3v) is 1.09. The molecule has 0 aliphatic carbocycles. The Bertz CT molecular complexity index is 150. The molecule has 0 rings (SSSR count). The van der Waals surface area contributed by atoms with Gasteiger partial charge in [0.1, 0.15) is 0 Å². The van der Waals surface area contributed by atoms with Gasteiger partial charge >= 0.3 is 5.97 Å². The molecule has 0 unspecified atom stereocenters. The zero-order valence-electron chi connectivity index (χ0n) is 7.13. The summed E-state index contributed by atoms with van der Waals surface area (Å²) in [5.41, 5.74) is 5.04. The number of nitrogens with two attached hydrogens (primary N) is 1. The summed E-state index contributed by atoms with van der Waals surface area (Å²) < 4.78 is 4.73. The highest BCUT2D eigenvalue weighted by molar-refractivity contribution is 5.85. The van der Waals surface area contributed by atoms with E-state index >= 15 is 0 Å². The number of carbonyl (C=O) groups is 1. The number of halogens is 1. The van der Waals surface area contributed by atoms with Gasteiger partial charge in [-0.2, -0.15) is 0 Å². The highest BCUT2D eigenvalue weighted by Crippen LogP contribution is 1.91. The highest BCUT2D eigenvalue weighted by Gasteiger charge is 1.99. The van der Waals surface area contributed by atoms with Crippen LogP contribution in [-0.4, -0.2) is 18.4 Å². The van der Waals surface area contributed by atoms with Gasteiger partial charge in [-0.25, -0.2) is 0 Å². The van der Waals surface area contributed by atoms with Crippen LogP contribution < -0.4 is 5.73 Å². The van der Waals surface area contributed by atoms with E-state index < -0.39 is 0 Å². The smallest absolute Gasteiger partial charge is 0.305 e. The zero-order valence-corrected chi connectivity index (χ0v) is 7.95. The quantitative estimate of drug-likeness (QED) is 0.391. The Morgan fingerprint density at radius 3 is 2.50 bits per heavy atom. The second kappa shape index (κ2) is 8.33. The van der Waals surface area contributed by atoms with Crippen LogP contribution in [0.2, 0.25) is 0 Å². The minimum absolute atomic E-state index is 0. The van der Waals surface area contributed by atoms with Gasteiger partial charge in [-0.15, -0.1) is 12.4 Å². The topological polar surface area (TPSA) is 76.2 Å². The number of carbonyl (C=O) groups excluding carboxylic acids is 1. The number of rotatable bonds is 5. The second-order valence-electron chi connectivity index (χ2n) is 2.25. The summed E-state index contributed by atoms with van der Waals surface area (Å²) in [5, 5.41) is 6.83. The van der Waals surface area contributed by atoms with Crippen molar-refractivity contribution in [3.63, 3.8) is 0 Å². The van der Waals surface area contributed by atoms with Crippen molar-refractivity contribution in [3.8, 4) is 0 Å². The number of hydrogen-bond donors (Lipinski definition) is 2. The number of hydrogen-bond acceptors (Lipinski definition) is 3. The molecule has 0 amide bonds. The van der Waals surface area contributed by atoms with Crippen LogP contribution in [0.25, 0.3) is 0 Å². The molecule has 0 heterocycles. The lowest BCUT2D eigenvalue weighted by molar-refractivity contribution is -0.143. The number of ether oxygens (including phenoxy) is 1. The summed E-state index contributed by atoms with van der Waals surface area (Å²) in [6.07, 6.45) is 1.56. The Morgan fingerprint density at radius 1 is 1.50 bits per heavy atom. The molecule has 0 radical (unpaired) electrons. The van der Waals surface area contributed by atoms with Crippen molar-refractivity contribution >= 4 is 24.2 Å². The first-order chi connectivity index (χ1) is 5.16. The maximum absolute atomic E-state index is 10.7. The predicted octanol–water partition coefficient (Wildman–Crippen LogP) is 1.08. The van der Waals surface area contributed by atoms with Crippen molar-refractivity contribution in [2.45, 2.75) is 26.2 Å². The Labute approximate surface area is 78.4 Å². The maximum Gasteiger partial charge on any atom is 0.305 e. The van der Waals surface area contributed by atoms with Crippen LogP contribution in [0.5, 0.6) is 0 Å². The monoisotopic (exact) mass is 194 g/mol. The first kappa shape index (κ1) is 13.8. The molecule has 5 heteroatoms. The van der Waals surface area contributed by atoms with Crippen LogP contribution >= 0.6 is 12.4 Å². The Kier molecular flexibility index (Phi) is 9.57. The van der Waals surface area contributed by atoms with Gasteiger partial charge < -0.3 is 10.5 Å². The van der Waals surface area contributed by atoms with E-state index in [0.29, 0.717) is 12.8 Å². The summed E-state index contributed by atoms with van der Waals surface area (Å²) >= 11 is 0. The largest absolute Gasteiger partial charge is 0.465 e. The first-order valence-electron chi connectivity index (χ1n) is 3.65. The lowest BCUT2D eigenvalue weighted by Gasteiger charge is -2.01. The zero-order chi connectivity index (χ0) is 8.69.